The monoisotopic (exact) mass is 665 g/mol. The first-order valence-corrected chi connectivity index (χ1v) is 16.8. The quantitative estimate of drug-likeness (QED) is 0.177. The molecular weight excluding hydrogens is 629 g/mol. The summed E-state index contributed by atoms with van der Waals surface area (Å²) in [5.41, 5.74) is 3.41. The van der Waals surface area contributed by atoms with E-state index in [9.17, 15) is 18.0 Å². The van der Waals surface area contributed by atoms with Gasteiger partial charge in [-0.25, -0.2) is 8.42 Å². The fraction of sp³-hybridized carbons (Fsp3) is 0.257. The highest BCUT2D eigenvalue weighted by atomic mass is 35.5. The lowest BCUT2D eigenvalue weighted by atomic mass is 10.0. The highest BCUT2D eigenvalue weighted by Crippen LogP contribution is 2.29. The van der Waals surface area contributed by atoms with Crippen molar-refractivity contribution in [2.75, 3.05) is 10.8 Å². The molecule has 10 heteroatoms. The molecule has 7 nitrogen and oxygen atoms in total. The van der Waals surface area contributed by atoms with E-state index in [0.717, 1.165) is 15.4 Å². The average Bonchev–Trinajstić information content (AvgIpc) is 2.99. The summed E-state index contributed by atoms with van der Waals surface area (Å²) in [4.78, 5) is 29.8. The molecule has 2 amide bonds. The molecule has 4 aromatic carbocycles. The first-order valence-electron chi connectivity index (χ1n) is 14.6. The molecule has 0 aliphatic rings. The van der Waals surface area contributed by atoms with Crippen molar-refractivity contribution < 1.29 is 18.0 Å². The second-order valence-corrected chi connectivity index (χ2v) is 13.9. The lowest BCUT2D eigenvalue weighted by Gasteiger charge is -2.34. The summed E-state index contributed by atoms with van der Waals surface area (Å²) in [6.45, 7) is 6.80. The molecule has 45 heavy (non-hydrogen) atoms. The Kier molecular flexibility index (Phi) is 11.3. The van der Waals surface area contributed by atoms with Crippen molar-refractivity contribution >= 4 is 50.7 Å². The van der Waals surface area contributed by atoms with Crippen molar-refractivity contribution in [3.05, 3.63) is 129 Å². The first kappa shape index (κ1) is 34.0. The van der Waals surface area contributed by atoms with Crippen LogP contribution in [-0.4, -0.2) is 43.8 Å². The number of nitrogens with one attached hydrogen (secondary N) is 1. The predicted octanol–water partition coefficient (Wildman–Crippen LogP) is 6.97. The van der Waals surface area contributed by atoms with Gasteiger partial charge in [0.05, 0.1) is 10.6 Å². The van der Waals surface area contributed by atoms with Crippen molar-refractivity contribution in [2.45, 2.75) is 57.6 Å². The second-order valence-electron chi connectivity index (χ2n) is 11.2. The molecule has 4 aromatic rings. The van der Waals surface area contributed by atoms with E-state index in [0.29, 0.717) is 26.9 Å². The fourth-order valence-electron chi connectivity index (χ4n) is 5.09. The third-order valence-corrected chi connectivity index (χ3v) is 9.65. The van der Waals surface area contributed by atoms with Gasteiger partial charge in [-0.2, -0.15) is 0 Å². The number of carbonyl (C=O) groups is 2. The SMILES string of the molecule is Cc1ccc(N(CC(=O)N(Cc2ccc(Cl)cc2Cl)[C@@H](Cc2ccccc2)C(=O)NC(C)C)S(=O)(=O)c2ccccc2)c(C)c1. The lowest BCUT2D eigenvalue weighted by Crippen LogP contribution is -2.54. The molecule has 236 valence electrons. The Hall–Kier alpha value is -3.85. The fourth-order valence-corrected chi connectivity index (χ4v) is 7.05. The van der Waals surface area contributed by atoms with Gasteiger partial charge in [0.2, 0.25) is 11.8 Å². The van der Waals surface area contributed by atoms with E-state index in [1.54, 1.807) is 55.5 Å². The van der Waals surface area contributed by atoms with E-state index in [4.69, 9.17) is 23.2 Å². The number of carbonyl (C=O) groups excluding carboxylic acids is 2. The molecule has 0 unspecified atom stereocenters. The summed E-state index contributed by atoms with van der Waals surface area (Å²) < 4.78 is 29.4. The van der Waals surface area contributed by atoms with Crippen LogP contribution in [0.15, 0.2) is 102 Å². The smallest absolute Gasteiger partial charge is 0.264 e. The van der Waals surface area contributed by atoms with Gasteiger partial charge in [0.25, 0.3) is 10.0 Å². The Labute approximate surface area is 275 Å². The third-order valence-electron chi connectivity index (χ3n) is 7.29. The molecule has 0 bridgehead atoms. The minimum Gasteiger partial charge on any atom is -0.352 e. The summed E-state index contributed by atoms with van der Waals surface area (Å²) in [7, 11) is -4.19. The van der Waals surface area contributed by atoms with Crippen molar-refractivity contribution in [1.82, 2.24) is 10.2 Å². The van der Waals surface area contributed by atoms with Crippen molar-refractivity contribution in [1.29, 1.82) is 0 Å². The summed E-state index contributed by atoms with van der Waals surface area (Å²) in [6.07, 6.45) is 0.200. The zero-order valence-electron chi connectivity index (χ0n) is 25.7. The number of aryl methyl sites for hydroxylation is 2. The van der Waals surface area contributed by atoms with Gasteiger partial charge in [-0.05, 0) is 74.7 Å². The van der Waals surface area contributed by atoms with Crippen LogP contribution in [0, 0.1) is 13.8 Å². The largest absolute Gasteiger partial charge is 0.352 e. The Balaban J connectivity index is 1.84. The molecule has 0 saturated carbocycles. The Morgan fingerprint density at radius 3 is 2.09 bits per heavy atom. The molecular formula is C35H37Cl2N3O4S. The second kappa shape index (κ2) is 15.0. The number of hydrogen-bond acceptors (Lipinski definition) is 4. The number of halogens is 2. The van der Waals surface area contributed by atoms with E-state index in [1.165, 1.54) is 17.0 Å². The molecule has 0 heterocycles. The zero-order chi connectivity index (χ0) is 32.7. The topological polar surface area (TPSA) is 86.8 Å². The van der Waals surface area contributed by atoms with Gasteiger partial charge in [-0.1, -0.05) is 95.5 Å². The van der Waals surface area contributed by atoms with Crippen LogP contribution in [0.1, 0.15) is 36.1 Å². The van der Waals surface area contributed by atoms with Gasteiger partial charge in [0, 0.05) is 29.1 Å². The van der Waals surface area contributed by atoms with Gasteiger partial charge in [-0.3, -0.25) is 13.9 Å². The van der Waals surface area contributed by atoms with Crippen LogP contribution in [0.3, 0.4) is 0 Å². The van der Waals surface area contributed by atoms with E-state index in [-0.39, 0.29) is 29.8 Å². The molecule has 0 radical (unpaired) electrons. The van der Waals surface area contributed by atoms with E-state index >= 15 is 0 Å². The minimum atomic E-state index is -4.19. The lowest BCUT2D eigenvalue weighted by molar-refractivity contribution is -0.140. The maximum Gasteiger partial charge on any atom is 0.264 e. The first-order chi connectivity index (χ1) is 21.4. The number of amides is 2. The molecule has 0 aliphatic heterocycles. The third kappa shape index (κ3) is 8.66. The number of benzene rings is 4. The van der Waals surface area contributed by atoms with Crippen molar-refractivity contribution in [2.24, 2.45) is 0 Å². The average molecular weight is 667 g/mol. The van der Waals surface area contributed by atoms with Crippen LogP contribution in [0.25, 0.3) is 0 Å². The van der Waals surface area contributed by atoms with Gasteiger partial charge in [0.15, 0.2) is 0 Å². The standard InChI is InChI=1S/C35H37Cl2N3O4S/c1-24(2)38-35(42)33(20-27-11-7-5-8-12-27)39(22-28-16-17-29(36)21-31(28)37)34(41)23-40(32-18-15-25(3)19-26(32)4)45(43,44)30-13-9-6-10-14-30/h5-19,21,24,33H,20,22-23H2,1-4H3,(H,38,42)/t33-/m0/s1. The molecule has 0 aromatic heterocycles. The van der Waals surface area contributed by atoms with Crippen molar-refractivity contribution in [3.8, 4) is 0 Å². The van der Waals surface area contributed by atoms with Gasteiger partial charge in [0.1, 0.15) is 12.6 Å². The minimum absolute atomic E-state index is 0.0449. The molecule has 1 N–H and O–H groups in total. The normalized spacial score (nSPS) is 12.1. The van der Waals surface area contributed by atoms with Gasteiger partial charge >= 0.3 is 0 Å². The van der Waals surface area contributed by atoms with E-state index < -0.39 is 28.5 Å². The van der Waals surface area contributed by atoms with Crippen LogP contribution < -0.4 is 9.62 Å². The summed E-state index contributed by atoms with van der Waals surface area (Å²) in [5, 5.41) is 3.70. The Bertz CT molecular complexity index is 1750. The summed E-state index contributed by atoms with van der Waals surface area (Å²) >= 11 is 12.7. The van der Waals surface area contributed by atoms with Crippen LogP contribution in [-0.2, 0) is 32.6 Å². The molecule has 0 aliphatic carbocycles. The summed E-state index contributed by atoms with van der Waals surface area (Å²) in [6, 6.07) is 26.5. The van der Waals surface area contributed by atoms with Crippen LogP contribution in [0.5, 0.6) is 0 Å². The molecule has 1 atom stereocenters. The Morgan fingerprint density at radius 2 is 1.49 bits per heavy atom. The maximum atomic E-state index is 14.6. The van der Waals surface area contributed by atoms with Crippen molar-refractivity contribution in [3.63, 3.8) is 0 Å². The molecule has 0 spiro atoms. The zero-order valence-corrected chi connectivity index (χ0v) is 28.0. The maximum absolute atomic E-state index is 14.6. The van der Waals surface area contributed by atoms with Gasteiger partial charge < -0.3 is 10.2 Å². The number of nitrogens with zero attached hydrogens (tertiary/aromatic N) is 2. The number of sulfonamides is 1. The number of hydrogen-bond donors (Lipinski definition) is 1. The molecule has 4 rings (SSSR count). The highest BCUT2D eigenvalue weighted by Gasteiger charge is 2.35. The number of rotatable bonds is 12. The van der Waals surface area contributed by atoms with Crippen LogP contribution in [0.2, 0.25) is 10.0 Å². The van der Waals surface area contributed by atoms with Crippen LogP contribution >= 0.6 is 23.2 Å². The summed E-state index contributed by atoms with van der Waals surface area (Å²) in [5.74, 6) is -0.934. The molecule has 0 fully saturated rings. The van der Waals surface area contributed by atoms with Crippen LogP contribution in [0.4, 0.5) is 5.69 Å². The highest BCUT2D eigenvalue weighted by molar-refractivity contribution is 7.92. The molecule has 0 saturated heterocycles. The van der Waals surface area contributed by atoms with E-state index in [2.05, 4.69) is 5.32 Å². The Morgan fingerprint density at radius 1 is 0.844 bits per heavy atom. The van der Waals surface area contributed by atoms with E-state index in [1.807, 2.05) is 57.2 Å². The predicted molar refractivity (Wildman–Crippen MR) is 181 cm³/mol. The van der Waals surface area contributed by atoms with Gasteiger partial charge in [-0.15, -0.1) is 0 Å². The number of anilines is 1.